The SMILES string of the molecule is Cc1ccc(CNc2cc(=O)n(O)c3ncnc(C)c23)cc1.Cc1ccc(CNc2cc(=O)n(OCc3ccccc3)c3ncnc(C)c23)cc1. The molecule has 0 radical (unpaired) electrons. The summed E-state index contributed by atoms with van der Waals surface area (Å²) in [6, 6.07) is 29.0. The number of nitrogens with zero attached hydrogens (tertiary/aromatic N) is 6. The lowest BCUT2D eigenvalue weighted by molar-refractivity contribution is 0.0979. The summed E-state index contributed by atoms with van der Waals surface area (Å²) in [4.78, 5) is 47.2. The topological polar surface area (TPSA) is 149 Å². The van der Waals surface area contributed by atoms with Crippen LogP contribution in [0.5, 0.6) is 0 Å². The van der Waals surface area contributed by atoms with Crippen molar-refractivity contribution in [2.45, 2.75) is 47.4 Å². The molecule has 7 aromatic rings. The van der Waals surface area contributed by atoms with Crippen LogP contribution in [-0.4, -0.2) is 34.6 Å². The molecular weight excluding hydrogens is 644 g/mol. The predicted molar refractivity (Wildman–Crippen MR) is 198 cm³/mol. The van der Waals surface area contributed by atoms with Crippen molar-refractivity contribution in [1.29, 1.82) is 0 Å². The van der Waals surface area contributed by atoms with E-state index in [-0.39, 0.29) is 17.8 Å². The van der Waals surface area contributed by atoms with Gasteiger partial charge in [0.1, 0.15) is 19.3 Å². The van der Waals surface area contributed by atoms with Crippen molar-refractivity contribution in [1.82, 2.24) is 29.4 Å². The maximum absolute atomic E-state index is 12.8. The molecule has 258 valence electrons. The van der Waals surface area contributed by atoms with Crippen molar-refractivity contribution >= 4 is 33.4 Å². The Balaban J connectivity index is 0.000000183. The van der Waals surface area contributed by atoms with Gasteiger partial charge in [-0.1, -0.05) is 90.0 Å². The van der Waals surface area contributed by atoms with Crippen LogP contribution in [0, 0.1) is 27.7 Å². The van der Waals surface area contributed by atoms with Gasteiger partial charge in [0.25, 0.3) is 11.1 Å². The van der Waals surface area contributed by atoms with E-state index in [1.165, 1.54) is 40.6 Å². The number of hydrogen-bond acceptors (Lipinski definition) is 10. The third-order valence-corrected chi connectivity index (χ3v) is 8.32. The second-order valence-corrected chi connectivity index (χ2v) is 12.2. The van der Waals surface area contributed by atoms with Gasteiger partial charge in [-0.15, -0.1) is 9.46 Å². The van der Waals surface area contributed by atoms with E-state index in [0.717, 1.165) is 27.8 Å². The Morgan fingerprint density at radius 2 is 1.10 bits per heavy atom. The van der Waals surface area contributed by atoms with Gasteiger partial charge in [-0.2, -0.15) is 0 Å². The summed E-state index contributed by atoms with van der Waals surface area (Å²) in [5, 5.41) is 17.8. The smallest absolute Gasteiger partial charge is 0.287 e. The third-order valence-electron chi connectivity index (χ3n) is 8.32. The standard InChI is InChI=1S/C23H22N4O2.C16H16N4O2/c1-16-8-10-18(11-9-16)13-24-20-12-21(28)27(23-22(20)17(2)25-15-26-23)29-14-19-6-4-3-5-7-19;1-10-3-5-12(6-4-10)8-17-13-7-14(21)20(22)16-15(13)11(2)18-9-19-16/h3-12,15,24H,13-14H2,1-2H3;3-7,9,17,22H,8H2,1-2H3. The Morgan fingerprint density at radius 1 is 0.608 bits per heavy atom. The van der Waals surface area contributed by atoms with Crippen molar-refractivity contribution in [3.63, 3.8) is 0 Å². The molecule has 7 rings (SSSR count). The molecular formula is C39H38N8O4. The Bertz CT molecular complexity index is 2410. The lowest BCUT2D eigenvalue weighted by Crippen LogP contribution is -2.28. The molecule has 0 amide bonds. The zero-order chi connectivity index (χ0) is 35.9. The van der Waals surface area contributed by atoms with E-state index in [1.807, 2.05) is 75.4 Å². The highest BCUT2D eigenvalue weighted by atomic mass is 16.7. The van der Waals surface area contributed by atoms with Crippen LogP contribution in [0.4, 0.5) is 11.4 Å². The Kier molecular flexibility index (Phi) is 10.3. The highest BCUT2D eigenvalue weighted by Gasteiger charge is 2.15. The van der Waals surface area contributed by atoms with Crippen molar-refractivity contribution < 1.29 is 10.0 Å². The number of aromatic nitrogens is 6. The monoisotopic (exact) mass is 682 g/mol. The molecule has 51 heavy (non-hydrogen) atoms. The van der Waals surface area contributed by atoms with Gasteiger partial charge in [0.15, 0.2) is 11.3 Å². The minimum absolute atomic E-state index is 0.200. The normalized spacial score (nSPS) is 10.8. The van der Waals surface area contributed by atoms with E-state index in [2.05, 4.69) is 61.8 Å². The number of fused-ring (bicyclic) bond motifs is 2. The Hall–Kier alpha value is -6.56. The maximum atomic E-state index is 12.8. The van der Waals surface area contributed by atoms with E-state index in [4.69, 9.17) is 4.84 Å². The fraction of sp³-hybridized carbons (Fsp3) is 0.179. The number of hydrogen-bond donors (Lipinski definition) is 3. The first kappa shape index (κ1) is 34.3. The fourth-order valence-corrected chi connectivity index (χ4v) is 5.51. The third kappa shape index (κ3) is 8.02. The molecule has 3 aromatic carbocycles. The first-order valence-electron chi connectivity index (χ1n) is 16.4. The number of nitrogens with one attached hydrogen (secondary N) is 2. The lowest BCUT2D eigenvalue weighted by Gasteiger charge is -2.15. The highest BCUT2D eigenvalue weighted by molar-refractivity contribution is 5.91. The Labute approximate surface area is 294 Å². The second-order valence-electron chi connectivity index (χ2n) is 12.2. The molecule has 0 bridgehead atoms. The van der Waals surface area contributed by atoms with Crippen LogP contribution in [0.25, 0.3) is 22.1 Å². The van der Waals surface area contributed by atoms with Gasteiger partial charge in [-0.25, -0.2) is 19.9 Å². The summed E-state index contributed by atoms with van der Waals surface area (Å²) in [5.74, 6) is 0. The van der Waals surface area contributed by atoms with Crippen LogP contribution in [-0.2, 0) is 19.7 Å². The predicted octanol–water partition coefficient (Wildman–Crippen LogP) is 5.91. The molecule has 4 aromatic heterocycles. The van der Waals surface area contributed by atoms with Gasteiger partial charge in [0, 0.05) is 25.2 Å². The molecule has 0 aliphatic rings. The van der Waals surface area contributed by atoms with Crippen LogP contribution in [0.3, 0.4) is 0 Å². The molecule has 4 heterocycles. The quantitative estimate of drug-likeness (QED) is 0.157. The minimum atomic E-state index is -0.531. The summed E-state index contributed by atoms with van der Waals surface area (Å²) in [6.45, 7) is 9.23. The zero-order valence-electron chi connectivity index (χ0n) is 28.8. The molecule has 0 saturated carbocycles. The van der Waals surface area contributed by atoms with Crippen LogP contribution >= 0.6 is 0 Å². The minimum Gasteiger partial charge on any atom is -0.423 e. The fourth-order valence-electron chi connectivity index (χ4n) is 5.51. The van der Waals surface area contributed by atoms with Gasteiger partial charge in [0.05, 0.1) is 33.5 Å². The molecule has 0 aliphatic heterocycles. The summed E-state index contributed by atoms with van der Waals surface area (Å²) < 4.78 is 1.79. The maximum Gasteiger partial charge on any atom is 0.287 e. The van der Waals surface area contributed by atoms with E-state index < -0.39 is 5.56 Å². The molecule has 0 aliphatic carbocycles. The van der Waals surface area contributed by atoms with E-state index >= 15 is 0 Å². The highest BCUT2D eigenvalue weighted by Crippen LogP contribution is 2.24. The summed E-state index contributed by atoms with van der Waals surface area (Å²) in [5.41, 5.74) is 8.23. The van der Waals surface area contributed by atoms with Gasteiger partial charge >= 0.3 is 0 Å². The van der Waals surface area contributed by atoms with Crippen molar-refractivity contribution in [3.8, 4) is 0 Å². The molecule has 0 saturated heterocycles. The summed E-state index contributed by atoms with van der Waals surface area (Å²) >= 11 is 0. The zero-order valence-corrected chi connectivity index (χ0v) is 28.8. The van der Waals surface area contributed by atoms with E-state index in [1.54, 1.807) is 0 Å². The first-order valence-corrected chi connectivity index (χ1v) is 16.4. The number of pyridine rings is 2. The molecule has 3 N–H and O–H groups in total. The van der Waals surface area contributed by atoms with Crippen molar-refractivity contribution in [2.24, 2.45) is 0 Å². The number of rotatable bonds is 9. The van der Waals surface area contributed by atoms with Gasteiger partial charge in [-0.05, 0) is 44.4 Å². The first-order chi connectivity index (χ1) is 24.7. The molecule has 0 fully saturated rings. The van der Waals surface area contributed by atoms with Gasteiger partial charge in [0.2, 0.25) is 0 Å². The van der Waals surface area contributed by atoms with Crippen LogP contribution in [0.2, 0.25) is 0 Å². The second kappa shape index (κ2) is 15.3. The molecule has 0 atom stereocenters. The van der Waals surface area contributed by atoms with Crippen LogP contribution < -0.4 is 26.6 Å². The number of anilines is 2. The van der Waals surface area contributed by atoms with Gasteiger partial charge in [-0.3, -0.25) is 9.59 Å². The summed E-state index contributed by atoms with van der Waals surface area (Å²) in [7, 11) is 0. The average molecular weight is 683 g/mol. The van der Waals surface area contributed by atoms with E-state index in [9.17, 15) is 14.8 Å². The molecule has 0 spiro atoms. The number of aryl methyl sites for hydroxylation is 4. The molecule has 12 heteroatoms. The molecule has 12 nitrogen and oxygen atoms in total. The number of benzene rings is 3. The average Bonchev–Trinajstić information content (AvgIpc) is 3.13. The van der Waals surface area contributed by atoms with Crippen molar-refractivity contribution in [3.05, 3.63) is 164 Å². The lowest BCUT2D eigenvalue weighted by atomic mass is 10.1. The van der Waals surface area contributed by atoms with E-state index in [0.29, 0.717) is 45.9 Å². The Morgan fingerprint density at radius 3 is 1.65 bits per heavy atom. The largest absolute Gasteiger partial charge is 0.423 e. The van der Waals surface area contributed by atoms with Crippen molar-refractivity contribution in [2.75, 3.05) is 10.6 Å². The summed E-state index contributed by atoms with van der Waals surface area (Å²) in [6.07, 6.45) is 2.77. The van der Waals surface area contributed by atoms with Crippen LogP contribution in [0.1, 0.15) is 39.2 Å². The van der Waals surface area contributed by atoms with Crippen LogP contribution in [0.15, 0.2) is 113 Å². The molecule has 0 unspecified atom stereocenters. The van der Waals surface area contributed by atoms with Gasteiger partial charge < -0.3 is 20.7 Å².